The van der Waals surface area contributed by atoms with E-state index in [1.54, 1.807) is 11.1 Å². The molecule has 2 aliphatic rings. The van der Waals surface area contributed by atoms with E-state index in [1.165, 1.54) is 0 Å². The minimum Gasteiger partial charge on any atom is -0.338 e. The van der Waals surface area contributed by atoms with Gasteiger partial charge in [0.1, 0.15) is 5.82 Å². The minimum atomic E-state index is 0. The van der Waals surface area contributed by atoms with E-state index in [0.717, 1.165) is 50.9 Å². The summed E-state index contributed by atoms with van der Waals surface area (Å²) in [6.07, 6.45) is 3.30. The van der Waals surface area contributed by atoms with E-state index in [2.05, 4.69) is 20.2 Å². The highest BCUT2D eigenvalue weighted by Gasteiger charge is 2.23. The van der Waals surface area contributed by atoms with Gasteiger partial charge in [-0.05, 0) is 12.5 Å². The first kappa shape index (κ1) is 14.0. The second-order valence-electron chi connectivity index (χ2n) is 4.60. The first-order valence-electron chi connectivity index (χ1n) is 6.44. The molecule has 2 saturated heterocycles. The van der Waals surface area contributed by atoms with Crippen molar-refractivity contribution in [2.24, 2.45) is 0 Å². The highest BCUT2D eigenvalue weighted by molar-refractivity contribution is 5.94. The Morgan fingerprint density at radius 3 is 2.68 bits per heavy atom. The van der Waals surface area contributed by atoms with E-state index in [-0.39, 0.29) is 18.3 Å². The summed E-state index contributed by atoms with van der Waals surface area (Å²) in [4.78, 5) is 24.4. The number of piperazine rings is 1. The van der Waals surface area contributed by atoms with Gasteiger partial charge in [-0.25, -0.2) is 4.98 Å². The summed E-state index contributed by atoms with van der Waals surface area (Å²) in [5.74, 6) is 1.63. The summed E-state index contributed by atoms with van der Waals surface area (Å²) in [6, 6.07) is 1.81. The van der Waals surface area contributed by atoms with Crippen LogP contribution >= 0.6 is 12.4 Å². The molecule has 3 rings (SSSR count). The average molecular weight is 284 g/mol. The van der Waals surface area contributed by atoms with Crippen LogP contribution in [0.4, 0.5) is 11.8 Å². The van der Waals surface area contributed by atoms with Crippen molar-refractivity contribution in [1.29, 1.82) is 0 Å². The van der Waals surface area contributed by atoms with Crippen molar-refractivity contribution >= 4 is 30.1 Å². The van der Waals surface area contributed by atoms with Crippen LogP contribution < -0.4 is 15.1 Å². The zero-order valence-corrected chi connectivity index (χ0v) is 11.5. The summed E-state index contributed by atoms with van der Waals surface area (Å²) >= 11 is 0. The van der Waals surface area contributed by atoms with Crippen LogP contribution in [0.5, 0.6) is 0 Å². The van der Waals surface area contributed by atoms with Crippen LogP contribution in [0, 0.1) is 0 Å². The lowest BCUT2D eigenvalue weighted by molar-refractivity contribution is -0.117. The first-order chi connectivity index (χ1) is 8.84. The third-order valence-corrected chi connectivity index (χ3v) is 3.38. The fourth-order valence-electron chi connectivity index (χ4n) is 2.40. The molecule has 1 aromatic heterocycles. The molecule has 0 spiro atoms. The molecule has 7 heteroatoms. The van der Waals surface area contributed by atoms with Crippen LogP contribution in [0.1, 0.15) is 12.8 Å². The van der Waals surface area contributed by atoms with Crippen LogP contribution in [-0.2, 0) is 4.79 Å². The maximum Gasteiger partial charge on any atom is 0.228 e. The summed E-state index contributed by atoms with van der Waals surface area (Å²) in [6.45, 7) is 4.51. The number of carbonyl (C=O) groups excluding carboxylic acids is 1. The predicted octanol–water partition coefficient (Wildman–Crippen LogP) is 0.435. The Kier molecular flexibility index (Phi) is 4.55. The molecule has 1 aromatic rings. The van der Waals surface area contributed by atoms with Gasteiger partial charge in [0.2, 0.25) is 11.9 Å². The molecule has 3 heterocycles. The average Bonchev–Trinajstić information content (AvgIpc) is 2.86. The van der Waals surface area contributed by atoms with Crippen molar-refractivity contribution < 1.29 is 4.79 Å². The monoisotopic (exact) mass is 283 g/mol. The van der Waals surface area contributed by atoms with Gasteiger partial charge in [0.05, 0.1) is 0 Å². The highest BCUT2D eigenvalue weighted by Crippen LogP contribution is 2.20. The lowest BCUT2D eigenvalue weighted by atomic mass is 10.4. The topological polar surface area (TPSA) is 61.4 Å². The molecule has 0 saturated carbocycles. The first-order valence-corrected chi connectivity index (χ1v) is 6.44. The Morgan fingerprint density at radius 2 is 2.00 bits per heavy atom. The largest absolute Gasteiger partial charge is 0.338 e. The smallest absolute Gasteiger partial charge is 0.228 e. The van der Waals surface area contributed by atoms with E-state index in [4.69, 9.17) is 0 Å². The van der Waals surface area contributed by atoms with Gasteiger partial charge in [0, 0.05) is 45.3 Å². The van der Waals surface area contributed by atoms with Crippen LogP contribution in [0.2, 0.25) is 0 Å². The number of hydrogen-bond acceptors (Lipinski definition) is 5. The SMILES string of the molecule is Cl.O=C1CCCN1c1ccnc(N2CCNCC2)n1. The number of amides is 1. The van der Waals surface area contributed by atoms with Crippen molar-refractivity contribution in [1.82, 2.24) is 15.3 Å². The van der Waals surface area contributed by atoms with E-state index in [9.17, 15) is 4.79 Å². The summed E-state index contributed by atoms with van der Waals surface area (Å²) < 4.78 is 0. The molecule has 0 aromatic carbocycles. The van der Waals surface area contributed by atoms with Crippen molar-refractivity contribution in [3.05, 3.63) is 12.3 Å². The second kappa shape index (κ2) is 6.16. The number of anilines is 2. The van der Waals surface area contributed by atoms with Crippen LogP contribution in [0.15, 0.2) is 12.3 Å². The van der Waals surface area contributed by atoms with Gasteiger partial charge >= 0.3 is 0 Å². The fourth-order valence-corrected chi connectivity index (χ4v) is 2.40. The Labute approximate surface area is 118 Å². The number of carbonyl (C=O) groups is 1. The molecule has 1 amide bonds. The van der Waals surface area contributed by atoms with Gasteiger partial charge in [-0.15, -0.1) is 12.4 Å². The van der Waals surface area contributed by atoms with E-state index in [0.29, 0.717) is 6.42 Å². The van der Waals surface area contributed by atoms with Gasteiger partial charge in [0.25, 0.3) is 0 Å². The third-order valence-electron chi connectivity index (χ3n) is 3.38. The molecule has 19 heavy (non-hydrogen) atoms. The van der Waals surface area contributed by atoms with Gasteiger partial charge in [0.15, 0.2) is 0 Å². The number of hydrogen-bond donors (Lipinski definition) is 1. The predicted molar refractivity (Wildman–Crippen MR) is 75.9 cm³/mol. The summed E-state index contributed by atoms with van der Waals surface area (Å²) in [5, 5.41) is 3.30. The quantitative estimate of drug-likeness (QED) is 0.853. The molecule has 0 unspecified atom stereocenters. The minimum absolute atomic E-state index is 0. The molecule has 104 valence electrons. The van der Waals surface area contributed by atoms with Crippen LogP contribution in [-0.4, -0.2) is 48.6 Å². The second-order valence-corrected chi connectivity index (χ2v) is 4.60. The molecule has 1 N–H and O–H groups in total. The molecule has 0 atom stereocenters. The molecule has 0 radical (unpaired) electrons. The van der Waals surface area contributed by atoms with E-state index in [1.807, 2.05) is 6.07 Å². The molecule has 6 nitrogen and oxygen atoms in total. The number of aromatic nitrogens is 2. The summed E-state index contributed by atoms with van der Waals surface area (Å²) in [5.41, 5.74) is 0. The zero-order chi connectivity index (χ0) is 12.4. The molecular weight excluding hydrogens is 266 g/mol. The number of nitrogens with one attached hydrogen (secondary N) is 1. The van der Waals surface area contributed by atoms with Gasteiger partial charge in [-0.1, -0.05) is 0 Å². The Bertz CT molecular complexity index is 450. The lowest BCUT2D eigenvalue weighted by Crippen LogP contribution is -2.44. The fraction of sp³-hybridized carbons (Fsp3) is 0.583. The Balaban J connectivity index is 0.00000133. The van der Waals surface area contributed by atoms with Gasteiger partial charge < -0.3 is 10.2 Å². The molecule has 2 aliphatic heterocycles. The number of rotatable bonds is 2. The van der Waals surface area contributed by atoms with E-state index < -0.39 is 0 Å². The van der Waals surface area contributed by atoms with Crippen molar-refractivity contribution in [2.45, 2.75) is 12.8 Å². The molecule has 2 fully saturated rings. The van der Waals surface area contributed by atoms with E-state index >= 15 is 0 Å². The Morgan fingerprint density at radius 1 is 1.21 bits per heavy atom. The molecule has 0 bridgehead atoms. The normalized spacial score (nSPS) is 19.5. The van der Waals surface area contributed by atoms with Crippen molar-refractivity contribution in [2.75, 3.05) is 42.5 Å². The maximum atomic E-state index is 11.7. The van der Waals surface area contributed by atoms with Crippen molar-refractivity contribution in [3.63, 3.8) is 0 Å². The van der Waals surface area contributed by atoms with Gasteiger partial charge in [-0.2, -0.15) is 4.98 Å². The third kappa shape index (κ3) is 2.96. The zero-order valence-electron chi connectivity index (χ0n) is 10.7. The van der Waals surface area contributed by atoms with Crippen LogP contribution in [0.25, 0.3) is 0 Å². The van der Waals surface area contributed by atoms with Crippen molar-refractivity contribution in [3.8, 4) is 0 Å². The number of halogens is 1. The lowest BCUT2D eigenvalue weighted by Gasteiger charge is -2.28. The molecule has 0 aliphatic carbocycles. The molecular formula is C12H18ClN5O. The highest BCUT2D eigenvalue weighted by atomic mass is 35.5. The number of nitrogens with zero attached hydrogens (tertiary/aromatic N) is 4. The maximum absolute atomic E-state index is 11.7. The Hall–Kier alpha value is -1.40. The summed E-state index contributed by atoms with van der Waals surface area (Å²) in [7, 11) is 0. The van der Waals surface area contributed by atoms with Crippen LogP contribution in [0.3, 0.4) is 0 Å². The standard InChI is InChI=1S/C12H17N5O.ClH/c18-11-2-1-7-17(11)10-3-4-14-12(15-10)16-8-5-13-6-9-16;/h3-4,13H,1-2,5-9H2;1H. The van der Waals surface area contributed by atoms with Gasteiger partial charge in [-0.3, -0.25) is 9.69 Å².